The van der Waals surface area contributed by atoms with Crippen LogP contribution in [0.15, 0.2) is 47.4 Å². The summed E-state index contributed by atoms with van der Waals surface area (Å²) < 4.78 is 1.31. The summed E-state index contributed by atoms with van der Waals surface area (Å²) in [6.07, 6.45) is 4.62. The molecule has 124 valence electrons. The van der Waals surface area contributed by atoms with Gasteiger partial charge in [-0.1, -0.05) is 23.7 Å². The summed E-state index contributed by atoms with van der Waals surface area (Å²) in [5.41, 5.74) is 3.54. The van der Waals surface area contributed by atoms with Gasteiger partial charge in [-0.3, -0.25) is 9.20 Å². The van der Waals surface area contributed by atoms with Crippen LogP contribution < -0.4 is 5.56 Å². The molecule has 1 aromatic carbocycles. The predicted octanol–water partition coefficient (Wildman–Crippen LogP) is 3.53. The first kappa shape index (κ1) is 15.6. The molecular formula is C19H13ClN2O3. The zero-order valence-electron chi connectivity index (χ0n) is 13.1. The fourth-order valence-electron chi connectivity index (χ4n) is 3.11. The molecule has 0 atom stereocenters. The van der Waals surface area contributed by atoms with Gasteiger partial charge in [-0.2, -0.15) is 0 Å². The average Bonchev–Trinajstić information content (AvgIpc) is 2.98. The van der Waals surface area contributed by atoms with Gasteiger partial charge >= 0.3 is 5.97 Å². The van der Waals surface area contributed by atoms with Gasteiger partial charge < -0.3 is 5.11 Å². The molecule has 4 rings (SSSR count). The lowest BCUT2D eigenvalue weighted by molar-refractivity contribution is 0.0696. The number of fused-ring (bicyclic) bond motifs is 2. The van der Waals surface area contributed by atoms with Crippen molar-refractivity contribution < 1.29 is 9.90 Å². The molecule has 0 radical (unpaired) electrons. The molecular weight excluding hydrogens is 340 g/mol. The van der Waals surface area contributed by atoms with Gasteiger partial charge in [0.15, 0.2) is 0 Å². The van der Waals surface area contributed by atoms with Crippen LogP contribution in [0.5, 0.6) is 0 Å². The average molecular weight is 353 g/mol. The van der Waals surface area contributed by atoms with Crippen LogP contribution in [-0.4, -0.2) is 20.5 Å². The lowest BCUT2D eigenvalue weighted by Crippen LogP contribution is -2.20. The van der Waals surface area contributed by atoms with Gasteiger partial charge in [-0.25, -0.2) is 9.78 Å². The van der Waals surface area contributed by atoms with Crippen LogP contribution in [0.1, 0.15) is 33.6 Å². The number of nitrogens with zero attached hydrogens (tertiary/aromatic N) is 2. The van der Waals surface area contributed by atoms with Gasteiger partial charge in [0, 0.05) is 16.8 Å². The first-order chi connectivity index (χ1) is 12.0. The number of hydrogen-bond donors (Lipinski definition) is 1. The van der Waals surface area contributed by atoms with Gasteiger partial charge in [0.1, 0.15) is 5.65 Å². The van der Waals surface area contributed by atoms with Crippen LogP contribution in [0.2, 0.25) is 5.02 Å². The standard InChI is InChI=1S/C19H13ClN2O3/c20-14-3-1-2-11(9-14)8-12-4-6-15-17(12)21-16-7-5-13(19(24)25)10-22(16)18(15)23/h1-3,5,7-10H,4,6H2,(H,24,25)/b12-8-. The third-order valence-electron chi connectivity index (χ3n) is 4.30. The molecule has 0 bridgehead atoms. The Morgan fingerprint density at radius 2 is 2.08 bits per heavy atom. The summed E-state index contributed by atoms with van der Waals surface area (Å²) in [4.78, 5) is 28.4. The Morgan fingerprint density at radius 3 is 2.84 bits per heavy atom. The summed E-state index contributed by atoms with van der Waals surface area (Å²) in [6, 6.07) is 10.5. The molecule has 6 heteroatoms. The highest BCUT2D eigenvalue weighted by Crippen LogP contribution is 2.31. The smallest absolute Gasteiger partial charge is 0.337 e. The lowest BCUT2D eigenvalue weighted by Gasteiger charge is -2.06. The van der Waals surface area contributed by atoms with Crippen molar-refractivity contribution in [2.24, 2.45) is 0 Å². The number of aromatic nitrogens is 2. The van der Waals surface area contributed by atoms with Crippen LogP contribution >= 0.6 is 11.6 Å². The van der Waals surface area contributed by atoms with Crippen LogP contribution in [0.3, 0.4) is 0 Å². The third-order valence-corrected chi connectivity index (χ3v) is 4.54. The highest BCUT2D eigenvalue weighted by Gasteiger charge is 2.23. The van der Waals surface area contributed by atoms with Crippen LogP contribution in [0.25, 0.3) is 17.3 Å². The normalized spacial score (nSPS) is 14.8. The van der Waals surface area contributed by atoms with Crippen molar-refractivity contribution in [1.82, 2.24) is 9.38 Å². The van der Waals surface area contributed by atoms with Crippen molar-refractivity contribution in [3.05, 3.63) is 80.4 Å². The molecule has 0 aliphatic heterocycles. The first-order valence-corrected chi connectivity index (χ1v) is 8.16. The van der Waals surface area contributed by atoms with E-state index < -0.39 is 5.97 Å². The first-order valence-electron chi connectivity index (χ1n) is 7.78. The molecule has 2 heterocycles. The summed E-state index contributed by atoms with van der Waals surface area (Å²) in [5.74, 6) is -1.07. The number of allylic oxidation sites excluding steroid dienone is 1. The molecule has 25 heavy (non-hydrogen) atoms. The molecule has 1 aliphatic carbocycles. The van der Waals surface area contributed by atoms with Gasteiger partial charge in [0.25, 0.3) is 5.56 Å². The number of carboxylic acid groups (broad SMARTS) is 1. The summed E-state index contributed by atoms with van der Waals surface area (Å²) in [6.45, 7) is 0. The van der Waals surface area contributed by atoms with E-state index in [9.17, 15) is 9.59 Å². The number of carboxylic acids is 1. The number of aromatic carboxylic acids is 1. The fourth-order valence-corrected chi connectivity index (χ4v) is 3.31. The predicted molar refractivity (Wildman–Crippen MR) is 96.1 cm³/mol. The Morgan fingerprint density at radius 1 is 1.24 bits per heavy atom. The maximum Gasteiger partial charge on any atom is 0.337 e. The quantitative estimate of drug-likeness (QED) is 0.765. The highest BCUT2D eigenvalue weighted by molar-refractivity contribution is 6.30. The van der Waals surface area contributed by atoms with Gasteiger partial charge in [-0.05, 0) is 54.3 Å². The van der Waals surface area contributed by atoms with Crippen LogP contribution in [-0.2, 0) is 6.42 Å². The minimum Gasteiger partial charge on any atom is -0.478 e. The largest absolute Gasteiger partial charge is 0.478 e. The second-order valence-electron chi connectivity index (χ2n) is 5.92. The number of hydrogen-bond acceptors (Lipinski definition) is 3. The van der Waals surface area contributed by atoms with Gasteiger partial charge in [0.2, 0.25) is 0 Å². The van der Waals surface area contributed by atoms with E-state index in [-0.39, 0.29) is 11.1 Å². The molecule has 3 aromatic rings. The maximum atomic E-state index is 12.7. The van der Waals surface area contributed by atoms with Crippen LogP contribution in [0, 0.1) is 0 Å². The van der Waals surface area contributed by atoms with E-state index in [1.165, 1.54) is 16.7 Å². The highest BCUT2D eigenvalue weighted by atomic mass is 35.5. The molecule has 0 fully saturated rings. The molecule has 0 spiro atoms. The van der Waals surface area contributed by atoms with Gasteiger partial charge in [0.05, 0.1) is 11.3 Å². The number of benzene rings is 1. The van der Waals surface area contributed by atoms with Crippen molar-refractivity contribution in [1.29, 1.82) is 0 Å². The summed E-state index contributed by atoms with van der Waals surface area (Å²) in [7, 11) is 0. The molecule has 0 amide bonds. The number of halogens is 1. The van der Waals surface area contributed by atoms with E-state index in [0.29, 0.717) is 34.8 Å². The molecule has 1 N–H and O–H groups in total. The summed E-state index contributed by atoms with van der Waals surface area (Å²) in [5, 5.41) is 9.75. The monoisotopic (exact) mass is 352 g/mol. The topological polar surface area (TPSA) is 71.7 Å². The lowest BCUT2D eigenvalue weighted by atomic mass is 10.1. The molecule has 0 saturated heterocycles. The Labute approximate surface area is 147 Å². The van der Waals surface area contributed by atoms with Crippen molar-refractivity contribution in [2.45, 2.75) is 12.8 Å². The molecule has 0 saturated carbocycles. The maximum absolute atomic E-state index is 12.7. The van der Waals surface area contributed by atoms with Crippen molar-refractivity contribution in [3.63, 3.8) is 0 Å². The molecule has 2 aromatic heterocycles. The van der Waals surface area contributed by atoms with Gasteiger partial charge in [-0.15, -0.1) is 0 Å². The van der Waals surface area contributed by atoms with E-state index in [0.717, 1.165) is 11.1 Å². The number of rotatable bonds is 2. The Kier molecular flexibility index (Phi) is 3.66. The Bertz CT molecular complexity index is 1120. The minimum atomic E-state index is -1.07. The molecule has 1 aliphatic rings. The number of pyridine rings is 1. The van der Waals surface area contributed by atoms with Crippen molar-refractivity contribution in [2.75, 3.05) is 0 Å². The van der Waals surface area contributed by atoms with Crippen LogP contribution in [0.4, 0.5) is 0 Å². The fraction of sp³-hybridized carbons (Fsp3) is 0.105. The minimum absolute atomic E-state index is 0.0593. The second kappa shape index (κ2) is 5.86. The Balaban J connectivity index is 1.88. The molecule has 5 nitrogen and oxygen atoms in total. The zero-order valence-corrected chi connectivity index (χ0v) is 13.8. The third kappa shape index (κ3) is 2.72. The second-order valence-corrected chi connectivity index (χ2v) is 6.36. The molecule has 0 unspecified atom stereocenters. The summed E-state index contributed by atoms with van der Waals surface area (Å²) >= 11 is 6.03. The van der Waals surface area contributed by atoms with Crippen molar-refractivity contribution >= 4 is 34.9 Å². The van der Waals surface area contributed by atoms with Crippen molar-refractivity contribution in [3.8, 4) is 0 Å². The SMILES string of the molecule is O=C(O)c1ccc2nc3c(c(=O)n2c1)CC/C3=C/c1cccc(Cl)c1. The van der Waals surface area contributed by atoms with E-state index in [4.69, 9.17) is 16.7 Å². The van der Waals surface area contributed by atoms with E-state index in [1.54, 1.807) is 6.07 Å². The van der Waals surface area contributed by atoms with E-state index in [1.807, 2.05) is 30.3 Å². The van der Waals surface area contributed by atoms with E-state index in [2.05, 4.69) is 4.98 Å². The number of carbonyl (C=O) groups is 1. The zero-order chi connectivity index (χ0) is 17.6. The Hall–Kier alpha value is -2.92. The van der Waals surface area contributed by atoms with E-state index >= 15 is 0 Å².